The molecule has 0 saturated heterocycles. The number of hydrogen-bond donors (Lipinski definition) is 1. The normalized spacial score (nSPS) is 18.1. The van der Waals surface area contributed by atoms with Crippen LogP contribution in [0.25, 0.3) is 0 Å². The zero-order valence-corrected chi connectivity index (χ0v) is 11.0. The molecule has 1 fully saturated rings. The summed E-state index contributed by atoms with van der Waals surface area (Å²) in [6.45, 7) is 0. The molecule has 0 bridgehead atoms. The lowest BCUT2D eigenvalue weighted by Crippen LogP contribution is -2.22. The molecule has 1 unspecified atom stereocenters. The number of hydrogen-bond acceptors (Lipinski definition) is 2. The van der Waals surface area contributed by atoms with Gasteiger partial charge in [-0.05, 0) is 43.2 Å². The van der Waals surface area contributed by atoms with E-state index in [1.54, 1.807) is 5.56 Å². The molecule has 1 aliphatic rings. The molecule has 1 saturated carbocycles. The van der Waals surface area contributed by atoms with Gasteiger partial charge in [-0.3, -0.25) is 0 Å². The Balaban J connectivity index is 2.23. The van der Waals surface area contributed by atoms with Crippen molar-refractivity contribution < 1.29 is 0 Å². The van der Waals surface area contributed by atoms with E-state index < -0.39 is 0 Å². The largest absolute Gasteiger partial charge is 0.312 e. The predicted molar refractivity (Wildman–Crippen MR) is 73.2 cm³/mol. The molecular weight excluding hydrogens is 214 g/mol. The smallest absolute Gasteiger partial charge is 0.0412 e. The molecule has 0 aromatic heterocycles. The first-order chi connectivity index (χ1) is 7.86. The van der Waals surface area contributed by atoms with Crippen LogP contribution in [0.2, 0.25) is 0 Å². The van der Waals surface area contributed by atoms with E-state index in [-0.39, 0.29) is 0 Å². The molecule has 2 rings (SSSR count). The van der Waals surface area contributed by atoms with E-state index in [4.69, 9.17) is 0 Å². The lowest BCUT2D eigenvalue weighted by Gasteiger charge is -2.30. The SMILES string of the molecule is CNC(CSC)c1ccccc1C1CCC1. The fourth-order valence-corrected chi connectivity index (χ4v) is 3.09. The fourth-order valence-electron chi connectivity index (χ4n) is 2.41. The molecule has 0 aliphatic heterocycles. The average molecular weight is 235 g/mol. The van der Waals surface area contributed by atoms with Crippen LogP contribution in [0.4, 0.5) is 0 Å². The Hall–Kier alpha value is -0.470. The van der Waals surface area contributed by atoms with Gasteiger partial charge in [0, 0.05) is 11.8 Å². The minimum Gasteiger partial charge on any atom is -0.312 e. The van der Waals surface area contributed by atoms with Crippen molar-refractivity contribution in [1.29, 1.82) is 0 Å². The maximum atomic E-state index is 3.44. The Kier molecular flexibility index (Phi) is 4.30. The molecule has 1 nitrogen and oxygen atoms in total. The standard InChI is InChI=1S/C14H21NS/c1-15-14(10-16-2)13-9-4-3-8-12(13)11-6-5-7-11/h3-4,8-9,11,14-15H,5-7,10H2,1-2H3. The summed E-state index contributed by atoms with van der Waals surface area (Å²) >= 11 is 1.91. The zero-order chi connectivity index (χ0) is 11.4. The van der Waals surface area contributed by atoms with Crippen molar-refractivity contribution in [3.63, 3.8) is 0 Å². The molecule has 0 spiro atoms. The summed E-state index contributed by atoms with van der Waals surface area (Å²) in [5.74, 6) is 1.98. The van der Waals surface area contributed by atoms with Crippen molar-refractivity contribution in [3.8, 4) is 0 Å². The fraction of sp³-hybridized carbons (Fsp3) is 0.571. The van der Waals surface area contributed by atoms with E-state index in [0.717, 1.165) is 11.7 Å². The molecule has 0 radical (unpaired) electrons. The molecular formula is C14H21NS. The van der Waals surface area contributed by atoms with Crippen LogP contribution >= 0.6 is 11.8 Å². The third-order valence-corrected chi connectivity index (χ3v) is 4.26. The van der Waals surface area contributed by atoms with Gasteiger partial charge in [-0.2, -0.15) is 11.8 Å². The maximum absolute atomic E-state index is 3.44. The quantitative estimate of drug-likeness (QED) is 0.837. The summed E-state index contributed by atoms with van der Waals surface area (Å²) in [5.41, 5.74) is 3.10. The zero-order valence-electron chi connectivity index (χ0n) is 10.2. The second-order valence-corrected chi connectivity index (χ2v) is 5.46. The van der Waals surface area contributed by atoms with E-state index >= 15 is 0 Å². The predicted octanol–water partition coefficient (Wildman–Crippen LogP) is 3.58. The summed E-state index contributed by atoms with van der Waals surface area (Å²) < 4.78 is 0. The van der Waals surface area contributed by atoms with E-state index in [9.17, 15) is 0 Å². The summed E-state index contributed by atoms with van der Waals surface area (Å²) in [5, 5.41) is 3.44. The first-order valence-corrected chi connectivity index (χ1v) is 7.51. The minimum atomic E-state index is 0.506. The van der Waals surface area contributed by atoms with Gasteiger partial charge in [-0.1, -0.05) is 30.7 Å². The molecule has 1 aromatic rings. The molecule has 1 aromatic carbocycles. The lowest BCUT2D eigenvalue weighted by atomic mass is 9.77. The molecule has 0 heterocycles. The molecule has 1 atom stereocenters. The van der Waals surface area contributed by atoms with Gasteiger partial charge in [-0.15, -0.1) is 0 Å². The highest BCUT2D eigenvalue weighted by Gasteiger charge is 2.24. The van der Waals surface area contributed by atoms with Crippen LogP contribution in [0, 0.1) is 0 Å². The van der Waals surface area contributed by atoms with Crippen molar-refractivity contribution in [2.24, 2.45) is 0 Å². The summed E-state index contributed by atoms with van der Waals surface area (Å²) in [7, 11) is 2.07. The van der Waals surface area contributed by atoms with Gasteiger partial charge in [0.15, 0.2) is 0 Å². The van der Waals surface area contributed by atoms with Gasteiger partial charge in [0.1, 0.15) is 0 Å². The Morgan fingerprint density at radius 3 is 2.69 bits per heavy atom. The summed E-state index contributed by atoms with van der Waals surface area (Å²) in [4.78, 5) is 0. The van der Waals surface area contributed by atoms with Crippen molar-refractivity contribution in [2.75, 3.05) is 19.1 Å². The highest BCUT2D eigenvalue weighted by atomic mass is 32.2. The van der Waals surface area contributed by atoms with Crippen LogP contribution in [0.3, 0.4) is 0 Å². The highest BCUT2D eigenvalue weighted by molar-refractivity contribution is 7.98. The number of rotatable bonds is 5. The third-order valence-electron chi connectivity index (χ3n) is 3.60. The maximum Gasteiger partial charge on any atom is 0.0412 e. The topological polar surface area (TPSA) is 12.0 Å². The van der Waals surface area contributed by atoms with Crippen LogP contribution < -0.4 is 5.32 Å². The van der Waals surface area contributed by atoms with Gasteiger partial charge in [0.25, 0.3) is 0 Å². The Labute approximate surface area is 103 Å². The summed E-state index contributed by atoms with van der Waals surface area (Å²) in [6, 6.07) is 9.48. The molecule has 16 heavy (non-hydrogen) atoms. The minimum absolute atomic E-state index is 0.506. The Morgan fingerprint density at radius 2 is 2.12 bits per heavy atom. The third kappa shape index (κ3) is 2.44. The lowest BCUT2D eigenvalue weighted by molar-refractivity contribution is 0.414. The number of benzene rings is 1. The summed E-state index contributed by atoms with van der Waals surface area (Å²) in [6.07, 6.45) is 6.35. The van der Waals surface area contributed by atoms with Gasteiger partial charge in [0.2, 0.25) is 0 Å². The van der Waals surface area contributed by atoms with Crippen LogP contribution in [-0.4, -0.2) is 19.1 Å². The van der Waals surface area contributed by atoms with Crippen molar-refractivity contribution in [1.82, 2.24) is 5.32 Å². The van der Waals surface area contributed by atoms with Crippen LogP contribution in [0.1, 0.15) is 42.3 Å². The highest BCUT2D eigenvalue weighted by Crippen LogP contribution is 2.39. The molecule has 1 N–H and O–H groups in total. The molecule has 88 valence electrons. The number of nitrogens with one attached hydrogen (secondary N) is 1. The second kappa shape index (κ2) is 5.74. The van der Waals surface area contributed by atoms with Crippen LogP contribution in [-0.2, 0) is 0 Å². The first kappa shape index (κ1) is 12.0. The molecule has 0 amide bonds. The van der Waals surface area contributed by atoms with Crippen molar-refractivity contribution in [2.45, 2.75) is 31.2 Å². The van der Waals surface area contributed by atoms with E-state index in [2.05, 4.69) is 42.9 Å². The number of thioether (sulfide) groups is 1. The van der Waals surface area contributed by atoms with E-state index in [0.29, 0.717) is 6.04 Å². The van der Waals surface area contributed by atoms with Gasteiger partial charge < -0.3 is 5.32 Å². The van der Waals surface area contributed by atoms with Crippen LogP contribution in [0.5, 0.6) is 0 Å². The Bertz CT molecular complexity index is 333. The van der Waals surface area contributed by atoms with E-state index in [1.807, 2.05) is 11.8 Å². The van der Waals surface area contributed by atoms with Gasteiger partial charge in [-0.25, -0.2) is 0 Å². The van der Waals surface area contributed by atoms with E-state index in [1.165, 1.54) is 24.8 Å². The first-order valence-electron chi connectivity index (χ1n) is 6.12. The van der Waals surface area contributed by atoms with Gasteiger partial charge >= 0.3 is 0 Å². The second-order valence-electron chi connectivity index (χ2n) is 4.55. The van der Waals surface area contributed by atoms with Crippen molar-refractivity contribution in [3.05, 3.63) is 35.4 Å². The van der Waals surface area contributed by atoms with Crippen molar-refractivity contribution >= 4 is 11.8 Å². The Morgan fingerprint density at radius 1 is 1.38 bits per heavy atom. The van der Waals surface area contributed by atoms with Gasteiger partial charge in [0.05, 0.1) is 0 Å². The molecule has 2 heteroatoms. The monoisotopic (exact) mass is 235 g/mol. The van der Waals surface area contributed by atoms with Crippen LogP contribution in [0.15, 0.2) is 24.3 Å². The average Bonchev–Trinajstić information content (AvgIpc) is 2.25. The molecule has 1 aliphatic carbocycles.